The van der Waals surface area contributed by atoms with Crippen LogP contribution in [-0.4, -0.2) is 34.8 Å². The number of rotatable bonds is 7. The predicted molar refractivity (Wildman–Crippen MR) is 99.8 cm³/mol. The molecule has 26 heavy (non-hydrogen) atoms. The van der Waals surface area contributed by atoms with E-state index in [1.54, 1.807) is 43.3 Å². The van der Waals surface area contributed by atoms with Crippen LogP contribution in [0.15, 0.2) is 60.0 Å². The summed E-state index contributed by atoms with van der Waals surface area (Å²) < 4.78 is 43.9. The fraction of sp³-hybridized carbons (Fsp3) is 0.263. The first-order valence-electron chi connectivity index (χ1n) is 8.32. The second-order valence-corrected chi connectivity index (χ2v) is 7.43. The van der Waals surface area contributed by atoms with Gasteiger partial charge in [-0.25, -0.2) is 8.42 Å². The van der Waals surface area contributed by atoms with Gasteiger partial charge in [0, 0.05) is 12.6 Å². The van der Waals surface area contributed by atoms with E-state index < -0.39 is 10.0 Å². The van der Waals surface area contributed by atoms with Crippen molar-refractivity contribution in [2.24, 2.45) is 0 Å². The van der Waals surface area contributed by atoms with E-state index in [1.807, 2.05) is 0 Å². The van der Waals surface area contributed by atoms with Crippen LogP contribution in [0.25, 0.3) is 0 Å². The number of hydrogen-bond acceptors (Lipinski definition) is 5. The highest BCUT2D eigenvalue weighted by molar-refractivity contribution is 7.92. The zero-order valence-electron chi connectivity index (χ0n) is 14.6. The molecule has 2 aromatic carbocycles. The monoisotopic (exact) mass is 375 g/mol. The first-order valence-corrected chi connectivity index (χ1v) is 9.76. The maximum atomic E-state index is 13.1. The zero-order chi connectivity index (χ0) is 18.6. The number of sulfonamides is 1. The molecule has 1 aliphatic heterocycles. The molecule has 2 aromatic rings. The lowest BCUT2D eigenvalue weighted by Gasteiger charge is -2.24. The maximum Gasteiger partial charge on any atom is 0.264 e. The van der Waals surface area contributed by atoms with E-state index in [0.717, 1.165) is 0 Å². The Morgan fingerprint density at radius 1 is 1.12 bits per heavy atom. The molecule has 0 aromatic heterocycles. The van der Waals surface area contributed by atoms with Crippen LogP contribution in [0.4, 0.5) is 5.69 Å². The van der Waals surface area contributed by atoms with Gasteiger partial charge in [-0.15, -0.1) is 0 Å². The van der Waals surface area contributed by atoms with Crippen molar-refractivity contribution in [3.8, 4) is 17.2 Å². The number of hydrogen-bond donors (Lipinski definition) is 0. The average molecular weight is 375 g/mol. The first kappa shape index (κ1) is 18.1. The van der Waals surface area contributed by atoms with E-state index in [4.69, 9.17) is 14.2 Å². The van der Waals surface area contributed by atoms with E-state index in [2.05, 4.69) is 6.58 Å². The zero-order valence-corrected chi connectivity index (χ0v) is 15.4. The van der Waals surface area contributed by atoms with Crippen molar-refractivity contribution in [2.45, 2.75) is 11.8 Å². The molecule has 0 fully saturated rings. The van der Waals surface area contributed by atoms with Crippen molar-refractivity contribution in [1.29, 1.82) is 0 Å². The van der Waals surface area contributed by atoms with Crippen LogP contribution in [0.1, 0.15) is 6.92 Å². The molecule has 0 N–H and O–H groups in total. The highest BCUT2D eigenvalue weighted by Crippen LogP contribution is 2.34. The van der Waals surface area contributed by atoms with E-state index in [1.165, 1.54) is 16.4 Å². The van der Waals surface area contributed by atoms with Crippen LogP contribution < -0.4 is 18.5 Å². The minimum atomic E-state index is -3.73. The highest BCUT2D eigenvalue weighted by Gasteiger charge is 2.26. The van der Waals surface area contributed by atoms with Gasteiger partial charge in [-0.3, -0.25) is 4.31 Å². The Balaban J connectivity index is 1.89. The lowest BCUT2D eigenvalue weighted by Crippen LogP contribution is -2.30. The third-order valence-electron chi connectivity index (χ3n) is 3.88. The summed E-state index contributed by atoms with van der Waals surface area (Å²) in [4.78, 5) is 0.163. The molecule has 1 heterocycles. The number of nitrogens with zero attached hydrogens (tertiary/aromatic N) is 1. The molecule has 0 atom stereocenters. The van der Waals surface area contributed by atoms with Gasteiger partial charge in [0.05, 0.1) is 10.6 Å². The highest BCUT2D eigenvalue weighted by atomic mass is 32.2. The van der Waals surface area contributed by atoms with Crippen molar-refractivity contribution in [3.63, 3.8) is 0 Å². The largest absolute Gasteiger partial charge is 0.490 e. The van der Waals surface area contributed by atoms with Crippen molar-refractivity contribution in [3.05, 3.63) is 55.1 Å². The van der Waals surface area contributed by atoms with Gasteiger partial charge in [0.1, 0.15) is 25.6 Å². The Morgan fingerprint density at radius 3 is 2.46 bits per heavy atom. The fourth-order valence-corrected chi connectivity index (χ4v) is 4.16. The summed E-state index contributed by atoms with van der Waals surface area (Å²) in [7, 11) is -3.73. The predicted octanol–water partition coefficient (Wildman–Crippen LogP) is 3.24. The van der Waals surface area contributed by atoms with Crippen molar-refractivity contribution in [2.75, 3.05) is 30.7 Å². The molecule has 6 nitrogen and oxygen atoms in total. The smallest absolute Gasteiger partial charge is 0.264 e. The van der Waals surface area contributed by atoms with Crippen molar-refractivity contribution < 1.29 is 22.6 Å². The van der Waals surface area contributed by atoms with Gasteiger partial charge in [-0.05, 0) is 43.3 Å². The molecular formula is C19H21NO5S. The molecule has 0 radical (unpaired) electrons. The summed E-state index contributed by atoms with van der Waals surface area (Å²) >= 11 is 0. The molecule has 0 unspecified atom stereocenters. The lowest BCUT2D eigenvalue weighted by molar-refractivity contribution is 0.171. The number of ether oxygens (including phenoxy) is 3. The van der Waals surface area contributed by atoms with Crippen molar-refractivity contribution in [1.82, 2.24) is 0 Å². The Kier molecular flexibility index (Phi) is 5.37. The minimum Gasteiger partial charge on any atom is -0.490 e. The van der Waals surface area contributed by atoms with Crippen LogP contribution in [0.3, 0.4) is 0 Å². The first-order chi connectivity index (χ1) is 12.6. The summed E-state index contributed by atoms with van der Waals surface area (Å²) in [5.41, 5.74) is 0.563. The molecule has 0 saturated carbocycles. The molecule has 0 bridgehead atoms. The van der Waals surface area contributed by atoms with Gasteiger partial charge in [0.25, 0.3) is 10.0 Å². The third-order valence-corrected chi connectivity index (χ3v) is 5.78. The molecular weight excluding hydrogens is 354 g/mol. The van der Waals surface area contributed by atoms with Crippen LogP contribution in [0, 0.1) is 0 Å². The van der Waals surface area contributed by atoms with E-state index in [9.17, 15) is 8.42 Å². The van der Waals surface area contributed by atoms with Gasteiger partial charge in [0.15, 0.2) is 11.5 Å². The van der Waals surface area contributed by atoms with Crippen LogP contribution in [0.2, 0.25) is 0 Å². The summed E-state index contributed by atoms with van der Waals surface area (Å²) in [6.07, 6.45) is 1.65. The molecule has 1 aliphatic rings. The van der Waals surface area contributed by atoms with Crippen LogP contribution >= 0.6 is 0 Å². The van der Waals surface area contributed by atoms with Gasteiger partial charge in [0.2, 0.25) is 0 Å². The summed E-state index contributed by atoms with van der Waals surface area (Å²) in [5.74, 6) is 1.66. The molecule has 0 spiro atoms. The van der Waals surface area contributed by atoms with E-state index in [-0.39, 0.29) is 4.90 Å². The summed E-state index contributed by atoms with van der Waals surface area (Å²) in [6.45, 7) is 6.94. The number of anilines is 1. The quantitative estimate of drug-likeness (QED) is 0.695. The Hall–Kier alpha value is -2.67. The Morgan fingerprint density at radius 2 is 1.81 bits per heavy atom. The number of fused-ring (bicyclic) bond motifs is 1. The van der Waals surface area contributed by atoms with Crippen LogP contribution in [0.5, 0.6) is 17.2 Å². The van der Waals surface area contributed by atoms with Gasteiger partial charge < -0.3 is 14.2 Å². The fourth-order valence-electron chi connectivity index (χ4n) is 2.67. The topological polar surface area (TPSA) is 65.1 Å². The van der Waals surface area contributed by atoms with Crippen LogP contribution in [-0.2, 0) is 10.0 Å². The average Bonchev–Trinajstić information content (AvgIpc) is 2.67. The van der Waals surface area contributed by atoms with Crippen molar-refractivity contribution >= 4 is 15.7 Å². The van der Waals surface area contributed by atoms with Gasteiger partial charge >= 0.3 is 0 Å². The summed E-state index contributed by atoms with van der Waals surface area (Å²) in [5, 5.41) is 0. The molecule has 138 valence electrons. The standard InChI is InChI=1S/C19H21NO5S/c1-3-11-23-16-7-5-15(6-8-16)20(4-2)26(21,22)17-9-10-18-19(14-17)25-13-12-24-18/h3,5-10,14H,1,4,11-13H2,2H3. The second kappa shape index (κ2) is 7.70. The normalized spacial score (nSPS) is 13.1. The molecule has 3 rings (SSSR count). The molecule has 7 heteroatoms. The van der Waals surface area contributed by atoms with Gasteiger partial charge in [-0.1, -0.05) is 12.7 Å². The van der Waals surface area contributed by atoms with E-state index >= 15 is 0 Å². The molecule has 0 amide bonds. The molecule has 0 aliphatic carbocycles. The molecule has 0 saturated heterocycles. The lowest BCUT2D eigenvalue weighted by atomic mass is 10.3. The third kappa shape index (κ3) is 3.62. The Bertz CT molecular complexity index is 877. The number of benzene rings is 2. The second-order valence-electron chi connectivity index (χ2n) is 5.57. The SMILES string of the molecule is C=CCOc1ccc(N(CC)S(=O)(=O)c2ccc3c(c2)OCCO3)cc1. The Labute approximate surface area is 153 Å². The minimum absolute atomic E-state index is 0.163. The summed E-state index contributed by atoms with van der Waals surface area (Å²) in [6, 6.07) is 11.6. The van der Waals surface area contributed by atoms with E-state index in [0.29, 0.717) is 49.3 Å². The maximum absolute atomic E-state index is 13.1. The van der Waals surface area contributed by atoms with Gasteiger partial charge in [-0.2, -0.15) is 0 Å².